The first kappa shape index (κ1) is 21.0. The summed E-state index contributed by atoms with van der Waals surface area (Å²) in [5.74, 6) is -2.75. The Kier molecular flexibility index (Phi) is 12.1. The number of ether oxygens (including phenoxy) is 1. The highest BCUT2D eigenvalue weighted by molar-refractivity contribution is 5.73. The molecule has 7 heteroatoms. The van der Waals surface area contributed by atoms with E-state index in [0.717, 1.165) is 12.8 Å². The first-order valence-corrected chi connectivity index (χ1v) is 6.54. The van der Waals surface area contributed by atoms with Crippen LogP contribution >= 0.6 is 0 Å². The van der Waals surface area contributed by atoms with Crippen LogP contribution in [0.5, 0.6) is 0 Å². The Balaban J connectivity index is 0. The molecule has 0 bridgehead atoms. The van der Waals surface area contributed by atoms with Crippen molar-refractivity contribution < 1.29 is 32.6 Å². The highest BCUT2D eigenvalue weighted by Gasteiger charge is 2.38. The van der Waals surface area contributed by atoms with Crippen LogP contribution in [0.2, 0.25) is 0 Å². The summed E-state index contributed by atoms with van der Waals surface area (Å²) in [6.45, 7) is 4.14. The van der Waals surface area contributed by atoms with Gasteiger partial charge in [-0.3, -0.25) is 4.79 Å². The summed E-state index contributed by atoms with van der Waals surface area (Å²) < 4.78 is 36.4. The van der Waals surface area contributed by atoms with E-state index in [2.05, 4.69) is 11.7 Å². The number of methoxy groups -OCH3 is 1. The van der Waals surface area contributed by atoms with Crippen LogP contribution in [0, 0.1) is 5.92 Å². The minimum atomic E-state index is -5.08. The average molecular weight is 300 g/mol. The second kappa shape index (κ2) is 11.5. The lowest BCUT2D eigenvalue weighted by Crippen LogP contribution is -2.21. The number of hydrogen-bond donors (Lipinski definition) is 1. The first-order valence-electron chi connectivity index (χ1n) is 6.54. The number of alkyl halides is 3. The molecule has 4 nitrogen and oxygen atoms in total. The molecule has 0 radical (unpaired) electrons. The number of carboxylic acid groups (broad SMARTS) is 1. The van der Waals surface area contributed by atoms with Crippen LogP contribution in [0.4, 0.5) is 13.2 Å². The van der Waals surface area contributed by atoms with Gasteiger partial charge in [0.15, 0.2) is 0 Å². The van der Waals surface area contributed by atoms with Gasteiger partial charge in [0, 0.05) is 0 Å². The van der Waals surface area contributed by atoms with Crippen molar-refractivity contribution in [2.24, 2.45) is 5.92 Å². The molecule has 0 aromatic rings. The van der Waals surface area contributed by atoms with Crippen LogP contribution in [0.25, 0.3) is 0 Å². The van der Waals surface area contributed by atoms with Gasteiger partial charge in [0.25, 0.3) is 0 Å². The molecule has 0 spiro atoms. The van der Waals surface area contributed by atoms with E-state index in [1.165, 1.54) is 32.8 Å². The fraction of sp³-hybridized carbons (Fsp3) is 0.846. The van der Waals surface area contributed by atoms with Crippen molar-refractivity contribution in [2.75, 3.05) is 7.11 Å². The molecule has 0 aliphatic rings. The molecule has 0 aromatic carbocycles. The Morgan fingerprint density at radius 1 is 1.15 bits per heavy atom. The maximum atomic E-state index is 11.0. The molecule has 0 rings (SSSR count). The van der Waals surface area contributed by atoms with Crippen molar-refractivity contribution >= 4 is 11.9 Å². The number of carboxylic acids is 1. The lowest BCUT2D eigenvalue weighted by atomic mass is 10.0. The molecule has 0 amide bonds. The lowest BCUT2D eigenvalue weighted by Gasteiger charge is -2.07. The summed E-state index contributed by atoms with van der Waals surface area (Å²) in [4.78, 5) is 19.9. The minimum absolute atomic E-state index is 0.0736. The Labute approximate surface area is 117 Å². The number of rotatable bonds is 7. The van der Waals surface area contributed by atoms with Gasteiger partial charge in [-0.1, -0.05) is 46.0 Å². The molecular weight excluding hydrogens is 277 g/mol. The van der Waals surface area contributed by atoms with Gasteiger partial charge in [0.05, 0.1) is 13.0 Å². The molecular formula is C13H23F3O4. The van der Waals surface area contributed by atoms with Crippen LogP contribution in [-0.4, -0.2) is 30.3 Å². The van der Waals surface area contributed by atoms with E-state index in [1.807, 2.05) is 6.92 Å². The van der Waals surface area contributed by atoms with Crippen molar-refractivity contribution in [3.05, 3.63) is 0 Å². The highest BCUT2D eigenvalue weighted by atomic mass is 19.4. The van der Waals surface area contributed by atoms with Crippen LogP contribution < -0.4 is 0 Å². The molecule has 0 saturated heterocycles. The number of aliphatic carboxylic acids is 1. The maximum absolute atomic E-state index is 11.0. The van der Waals surface area contributed by atoms with Crippen LogP contribution in [0.3, 0.4) is 0 Å². The zero-order valence-electron chi connectivity index (χ0n) is 12.1. The molecule has 0 saturated carbocycles. The van der Waals surface area contributed by atoms with Gasteiger partial charge in [-0.05, 0) is 6.42 Å². The van der Waals surface area contributed by atoms with E-state index < -0.39 is 12.1 Å². The number of esters is 1. The summed E-state index contributed by atoms with van der Waals surface area (Å²) in [6, 6.07) is 0. The second-order valence-electron chi connectivity index (χ2n) is 4.43. The summed E-state index contributed by atoms with van der Waals surface area (Å²) in [5.41, 5.74) is 0. The Bertz CT molecular complexity index is 277. The number of carbonyl (C=O) groups excluding carboxylic acids is 1. The molecule has 0 heterocycles. The SMILES string of the molecule is CCCCCCCC(C)C(=O)OC.O=C(O)C(F)(F)F. The molecule has 0 aromatic heterocycles. The van der Waals surface area contributed by atoms with Crippen LogP contribution in [-0.2, 0) is 14.3 Å². The van der Waals surface area contributed by atoms with Crippen molar-refractivity contribution in [3.8, 4) is 0 Å². The van der Waals surface area contributed by atoms with E-state index in [9.17, 15) is 18.0 Å². The van der Waals surface area contributed by atoms with Crippen LogP contribution in [0.15, 0.2) is 0 Å². The van der Waals surface area contributed by atoms with Gasteiger partial charge in [-0.25, -0.2) is 4.79 Å². The molecule has 1 N–H and O–H groups in total. The van der Waals surface area contributed by atoms with Crippen molar-refractivity contribution in [3.63, 3.8) is 0 Å². The summed E-state index contributed by atoms with van der Waals surface area (Å²) in [5, 5.41) is 7.12. The Morgan fingerprint density at radius 2 is 1.60 bits per heavy atom. The minimum Gasteiger partial charge on any atom is -0.475 e. The molecule has 1 unspecified atom stereocenters. The summed E-state index contributed by atoms with van der Waals surface area (Å²) in [6.07, 6.45) is 2.16. The van der Waals surface area contributed by atoms with E-state index in [4.69, 9.17) is 9.90 Å². The summed E-state index contributed by atoms with van der Waals surface area (Å²) in [7, 11) is 1.45. The highest BCUT2D eigenvalue weighted by Crippen LogP contribution is 2.13. The Hall–Kier alpha value is -1.27. The number of hydrogen-bond acceptors (Lipinski definition) is 3. The second-order valence-corrected chi connectivity index (χ2v) is 4.43. The standard InChI is InChI=1S/C11H22O2.C2HF3O2/c1-4-5-6-7-8-9-10(2)11(12)13-3;3-2(4,5)1(6)7/h10H,4-9H2,1-3H3;(H,6,7). The zero-order chi connectivity index (χ0) is 16.2. The largest absolute Gasteiger partial charge is 0.490 e. The predicted octanol–water partition coefficient (Wildman–Crippen LogP) is 3.79. The van der Waals surface area contributed by atoms with Gasteiger partial charge in [0.1, 0.15) is 0 Å². The topological polar surface area (TPSA) is 63.6 Å². The first-order chi connectivity index (χ1) is 9.16. The van der Waals surface area contributed by atoms with Crippen molar-refractivity contribution in [1.82, 2.24) is 0 Å². The predicted molar refractivity (Wildman–Crippen MR) is 68.2 cm³/mol. The third-order valence-corrected chi connectivity index (χ3v) is 2.59. The lowest BCUT2D eigenvalue weighted by molar-refractivity contribution is -0.192. The summed E-state index contributed by atoms with van der Waals surface area (Å²) >= 11 is 0. The third kappa shape index (κ3) is 13.2. The smallest absolute Gasteiger partial charge is 0.475 e. The number of carbonyl (C=O) groups is 2. The van der Waals surface area contributed by atoms with Gasteiger partial charge < -0.3 is 9.84 Å². The molecule has 20 heavy (non-hydrogen) atoms. The zero-order valence-corrected chi connectivity index (χ0v) is 12.1. The maximum Gasteiger partial charge on any atom is 0.490 e. The van der Waals surface area contributed by atoms with E-state index in [1.54, 1.807) is 0 Å². The van der Waals surface area contributed by atoms with Crippen molar-refractivity contribution in [1.29, 1.82) is 0 Å². The number of halogens is 3. The monoisotopic (exact) mass is 300 g/mol. The van der Waals surface area contributed by atoms with E-state index >= 15 is 0 Å². The van der Waals surface area contributed by atoms with E-state index in [0.29, 0.717) is 0 Å². The van der Waals surface area contributed by atoms with Crippen molar-refractivity contribution in [2.45, 2.75) is 58.5 Å². The van der Waals surface area contributed by atoms with Gasteiger partial charge in [-0.2, -0.15) is 13.2 Å². The Morgan fingerprint density at radius 3 is 1.95 bits per heavy atom. The van der Waals surface area contributed by atoms with Gasteiger partial charge >= 0.3 is 18.1 Å². The molecule has 1 atom stereocenters. The molecule has 0 fully saturated rings. The fourth-order valence-electron chi connectivity index (χ4n) is 1.37. The average Bonchev–Trinajstić information content (AvgIpc) is 2.36. The fourth-order valence-corrected chi connectivity index (χ4v) is 1.37. The normalized spacial score (nSPS) is 12.1. The number of unbranched alkanes of at least 4 members (excludes halogenated alkanes) is 4. The van der Waals surface area contributed by atoms with E-state index in [-0.39, 0.29) is 11.9 Å². The van der Waals surface area contributed by atoms with Crippen LogP contribution in [0.1, 0.15) is 52.4 Å². The third-order valence-electron chi connectivity index (χ3n) is 2.59. The molecule has 120 valence electrons. The molecule has 0 aliphatic heterocycles. The van der Waals surface area contributed by atoms with Gasteiger partial charge in [-0.15, -0.1) is 0 Å². The molecule has 0 aliphatic carbocycles. The van der Waals surface area contributed by atoms with Gasteiger partial charge in [0.2, 0.25) is 0 Å². The quantitative estimate of drug-likeness (QED) is 0.574.